The summed E-state index contributed by atoms with van der Waals surface area (Å²) in [5.74, 6) is 0.409. The average molecular weight is 358 g/mol. The van der Waals surface area contributed by atoms with Gasteiger partial charge in [-0.05, 0) is 27.9 Å². The van der Waals surface area contributed by atoms with Crippen molar-refractivity contribution in [1.82, 2.24) is 9.78 Å². The highest BCUT2D eigenvalue weighted by Gasteiger charge is 2.18. The number of nitrogens with zero attached hydrogens (tertiary/aromatic N) is 2. The second-order valence-corrected chi connectivity index (χ2v) is 5.95. The van der Waals surface area contributed by atoms with Crippen molar-refractivity contribution in [2.75, 3.05) is 0 Å². The Hall–Kier alpha value is -0.610. The zero-order chi connectivity index (χ0) is 12.6. The van der Waals surface area contributed by atoms with Crippen LogP contribution in [0.2, 0.25) is 0 Å². The van der Waals surface area contributed by atoms with Gasteiger partial charge in [0.05, 0.1) is 15.9 Å². The van der Waals surface area contributed by atoms with Crippen molar-refractivity contribution in [2.45, 2.75) is 19.8 Å². The van der Waals surface area contributed by atoms with Crippen LogP contribution < -0.4 is 0 Å². The van der Waals surface area contributed by atoms with Crippen LogP contribution in [0.25, 0.3) is 11.3 Å². The minimum Gasteiger partial charge on any atom is -0.266 e. The zero-order valence-electron chi connectivity index (χ0n) is 10.0. The van der Waals surface area contributed by atoms with Gasteiger partial charge in [0, 0.05) is 17.1 Å². The van der Waals surface area contributed by atoms with Crippen molar-refractivity contribution in [3.8, 4) is 11.3 Å². The zero-order valence-corrected chi connectivity index (χ0v) is 13.2. The van der Waals surface area contributed by atoms with Crippen molar-refractivity contribution in [2.24, 2.45) is 7.05 Å². The minimum absolute atomic E-state index is 0.409. The molecular formula is C13H14Br2N2. The van der Waals surface area contributed by atoms with Crippen LogP contribution in [0.3, 0.4) is 0 Å². The van der Waals surface area contributed by atoms with Crippen LogP contribution >= 0.6 is 31.9 Å². The predicted octanol–water partition coefficient (Wildman–Crippen LogP) is 4.74. The third-order valence-electron chi connectivity index (χ3n) is 2.69. The fraction of sp³-hybridized carbons (Fsp3) is 0.308. The lowest BCUT2D eigenvalue weighted by Crippen LogP contribution is -1.95. The number of hydrogen-bond donors (Lipinski definition) is 0. The summed E-state index contributed by atoms with van der Waals surface area (Å²) in [7, 11) is 1.98. The van der Waals surface area contributed by atoms with E-state index >= 15 is 0 Å². The summed E-state index contributed by atoms with van der Waals surface area (Å²) >= 11 is 7.26. The van der Waals surface area contributed by atoms with Crippen LogP contribution in [0.15, 0.2) is 33.2 Å². The first-order chi connectivity index (χ1) is 8.02. The molecule has 0 amide bonds. The van der Waals surface area contributed by atoms with Crippen LogP contribution in [0.5, 0.6) is 0 Å². The molecule has 0 aliphatic carbocycles. The summed E-state index contributed by atoms with van der Waals surface area (Å²) in [5.41, 5.74) is 3.36. The molecule has 0 unspecified atom stereocenters. The Morgan fingerprint density at radius 2 is 1.82 bits per heavy atom. The SMILES string of the molecule is CC(C)c1nn(C)c(-c2ccccc2Br)c1Br. The van der Waals surface area contributed by atoms with E-state index < -0.39 is 0 Å². The molecule has 0 saturated heterocycles. The smallest absolute Gasteiger partial charge is 0.0835 e. The van der Waals surface area contributed by atoms with Crippen LogP contribution in [-0.2, 0) is 7.05 Å². The molecular weight excluding hydrogens is 344 g/mol. The van der Waals surface area contributed by atoms with Gasteiger partial charge in [0.15, 0.2) is 0 Å². The standard InChI is InChI=1S/C13H14Br2N2/c1-8(2)12-11(15)13(17(3)16-12)9-6-4-5-7-10(9)14/h4-8H,1-3H3. The van der Waals surface area contributed by atoms with E-state index in [4.69, 9.17) is 0 Å². The van der Waals surface area contributed by atoms with Gasteiger partial charge in [0.1, 0.15) is 0 Å². The summed E-state index contributed by atoms with van der Waals surface area (Å²) in [6.07, 6.45) is 0. The summed E-state index contributed by atoms with van der Waals surface area (Å²) in [5, 5.41) is 4.58. The van der Waals surface area contributed by atoms with Crippen LogP contribution in [-0.4, -0.2) is 9.78 Å². The Labute approximate surface area is 118 Å². The molecule has 0 spiro atoms. The van der Waals surface area contributed by atoms with Gasteiger partial charge in [-0.15, -0.1) is 0 Å². The Balaban J connectivity index is 2.65. The Kier molecular flexibility index (Phi) is 3.73. The molecule has 2 nitrogen and oxygen atoms in total. The summed E-state index contributed by atoms with van der Waals surface area (Å²) in [6.45, 7) is 4.30. The Morgan fingerprint density at radius 3 is 2.35 bits per heavy atom. The number of rotatable bonds is 2. The van der Waals surface area contributed by atoms with Crippen molar-refractivity contribution >= 4 is 31.9 Å². The number of halogens is 2. The molecule has 0 aliphatic rings. The molecule has 1 aromatic carbocycles. The van der Waals surface area contributed by atoms with Crippen molar-refractivity contribution < 1.29 is 0 Å². The van der Waals surface area contributed by atoms with Gasteiger partial charge < -0.3 is 0 Å². The summed E-state index contributed by atoms with van der Waals surface area (Å²) in [6, 6.07) is 8.19. The van der Waals surface area contributed by atoms with Gasteiger partial charge in [-0.25, -0.2) is 0 Å². The molecule has 0 bridgehead atoms. The van der Waals surface area contributed by atoms with Crippen LogP contribution in [0.1, 0.15) is 25.5 Å². The molecule has 1 heterocycles. The first-order valence-electron chi connectivity index (χ1n) is 5.49. The monoisotopic (exact) mass is 356 g/mol. The van der Waals surface area contributed by atoms with E-state index in [0.29, 0.717) is 5.92 Å². The molecule has 0 fully saturated rings. The maximum atomic E-state index is 4.58. The van der Waals surface area contributed by atoms with Gasteiger partial charge >= 0.3 is 0 Å². The molecule has 0 aliphatic heterocycles. The first-order valence-corrected chi connectivity index (χ1v) is 7.08. The maximum Gasteiger partial charge on any atom is 0.0835 e. The second kappa shape index (κ2) is 4.94. The van der Waals surface area contributed by atoms with Gasteiger partial charge in [-0.3, -0.25) is 4.68 Å². The lowest BCUT2D eigenvalue weighted by atomic mass is 10.1. The molecule has 1 aromatic heterocycles. The lowest BCUT2D eigenvalue weighted by Gasteiger charge is -2.05. The average Bonchev–Trinajstić information content (AvgIpc) is 2.56. The topological polar surface area (TPSA) is 17.8 Å². The fourth-order valence-corrected chi connectivity index (χ4v) is 3.31. The van der Waals surface area contributed by atoms with Crippen molar-refractivity contribution in [3.63, 3.8) is 0 Å². The highest BCUT2D eigenvalue weighted by atomic mass is 79.9. The molecule has 90 valence electrons. The number of hydrogen-bond acceptors (Lipinski definition) is 1. The van der Waals surface area contributed by atoms with Crippen molar-refractivity contribution in [3.05, 3.63) is 38.9 Å². The summed E-state index contributed by atoms with van der Waals surface area (Å²) < 4.78 is 4.10. The highest BCUT2D eigenvalue weighted by Crippen LogP contribution is 2.37. The summed E-state index contributed by atoms with van der Waals surface area (Å²) in [4.78, 5) is 0. The molecule has 2 aromatic rings. The van der Waals surface area contributed by atoms with Gasteiger partial charge in [0.25, 0.3) is 0 Å². The molecule has 4 heteroatoms. The predicted molar refractivity (Wildman–Crippen MR) is 78.1 cm³/mol. The Bertz CT molecular complexity index is 544. The molecule has 0 N–H and O–H groups in total. The molecule has 0 atom stereocenters. The van der Waals surface area contributed by atoms with E-state index in [1.165, 1.54) is 0 Å². The van der Waals surface area contributed by atoms with Crippen molar-refractivity contribution in [1.29, 1.82) is 0 Å². The van der Waals surface area contributed by atoms with Crippen LogP contribution in [0, 0.1) is 0 Å². The minimum atomic E-state index is 0.409. The fourth-order valence-electron chi connectivity index (χ4n) is 1.83. The van der Waals surface area contributed by atoms with E-state index in [0.717, 1.165) is 25.9 Å². The van der Waals surface area contributed by atoms with E-state index in [1.807, 2.05) is 29.9 Å². The highest BCUT2D eigenvalue weighted by molar-refractivity contribution is 9.11. The Morgan fingerprint density at radius 1 is 1.18 bits per heavy atom. The molecule has 2 rings (SSSR count). The normalized spacial score (nSPS) is 11.2. The quantitative estimate of drug-likeness (QED) is 0.759. The van der Waals surface area contributed by atoms with E-state index in [2.05, 4.69) is 56.9 Å². The van der Waals surface area contributed by atoms with E-state index in [1.54, 1.807) is 0 Å². The van der Waals surface area contributed by atoms with Gasteiger partial charge in [-0.2, -0.15) is 5.10 Å². The van der Waals surface area contributed by atoms with E-state index in [-0.39, 0.29) is 0 Å². The third-order valence-corrected chi connectivity index (χ3v) is 4.16. The molecule has 17 heavy (non-hydrogen) atoms. The van der Waals surface area contributed by atoms with Gasteiger partial charge in [-0.1, -0.05) is 48.0 Å². The molecule has 0 radical (unpaired) electrons. The number of benzene rings is 1. The number of aromatic nitrogens is 2. The second-order valence-electron chi connectivity index (χ2n) is 4.31. The number of aryl methyl sites for hydroxylation is 1. The maximum absolute atomic E-state index is 4.58. The van der Waals surface area contributed by atoms with Gasteiger partial charge in [0.2, 0.25) is 0 Å². The lowest BCUT2D eigenvalue weighted by molar-refractivity contribution is 0.716. The van der Waals surface area contributed by atoms with Crippen LogP contribution in [0.4, 0.5) is 0 Å². The third kappa shape index (κ3) is 2.33. The first kappa shape index (κ1) is 12.8. The molecule has 0 saturated carbocycles. The van der Waals surface area contributed by atoms with E-state index in [9.17, 15) is 0 Å². The largest absolute Gasteiger partial charge is 0.266 e.